The summed E-state index contributed by atoms with van der Waals surface area (Å²) in [6.45, 7) is 1.71. The van der Waals surface area contributed by atoms with Gasteiger partial charge in [0.1, 0.15) is 11.4 Å². The van der Waals surface area contributed by atoms with Crippen LogP contribution in [0.25, 0.3) is 22.4 Å². The van der Waals surface area contributed by atoms with Crippen LogP contribution in [0.4, 0.5) is 11.4 Å². The van der Waals surface area contributed by atoms with E-state index in [0.717, 1.165) is 0 Å². The van der Waals surface area contributed by atoms with E-state index in [9.17, 15) is 19.7 Å². The number of hydrogen-bond donors (Lipinski definition) is 1. The summed E-state index contributed by atoms with van der Waals surface area (Å²) in [5, 5.41) is 14.7. The normalized spacial score (nSPS) is 11.6. The van der Waals surface area contributed by atoms with E-state index in [-0.39, 0.29) is 16.9 Å². The maximum atomic E-state index is 13.6. The van der Waals surface area contributed by atoms with E-state index in [2.05, 4.69) is 10.3 Å². The van der Waals surface area contributed by atoms with E-state index in [4.69, 9.17) is 9.15 Å². The zero-order chi connectivity index (χ0) is 26.6. The minimum Gasteiger partial charge on any atom is -0.463 e. The molecule has 0 bridgehead atoms. The number of para-hydroxylation sites is 1. The number of nitro groups is 1. The summed E-state index contributed by atoms with van der Waals surface area (Å²) >= 11 is 0. The summed E-state index contributed by atoms with van der Waals surface area (Å²) in [5.74, 6) is -1.03. The minimum absolute atomic E-state index is 0.00273. The van der Waals surface area contributed by atoms with E-state index in [1.165, 1.54) is 18.4 Å². The molecule has 0 aliphatic carbocycles. The first-order valence-corrected chi connectivity index (χ1v) is 11.7. The van der Waals surface area contributed by atoms with Gasteiger partial charge in [-0.2, -0.15) is 0 Å². The molecule has 2 heterocycles. The van der Waals surface area contributed by atoms with Crippen LogP contribution in [-0.4, -0.2) is 21.8 Å². The van der Waals surface area contributed by atoms with Gasteiger partial charge in [0, 0.05) is 17.0 Å². The van der Waals surface area contributed by atoms with Gasteiger partial charge in [-0.15, -0.1) is 0 Å². The topological polar surface area (TPSA) is 125 Å². The second kappa shape index (κ2) is 10.4. The van der Waals surface area contributed by atoms with Crippen molar-refractivity contribution in [3.63, 3.8) is 0 Å². The number of pyridine rings is 1. The third-order valence-electron chi connectivity index (χ3n) is 5.88. The van der Waals surface area contributed by atoms with Crippen molar-refractivity contribution in [2.24, 2.45) is 0 Å². The molecule has 5 aromatic rings. The van der Waals surface area contributed by atoms with Crippen LogP contribution >= 0.6 is 0 Å². The molecular formula is C29H21N3O6. The number of fused-ring (bicyclic) bond motifs is 1. The molecule has 9 nitrogen and oxygen atoms in total. The van der Waals surface area contributed by atoms with Gasteiger partial charge in [0.05, 0.1) is 22.3 Å². The first-order valence-electron chi connectivity index (χ1n) is 11.7. The Morgan fingerprint density at radius 3 is 2.47 bits per heavy atom. The number of esters is 1. The van der Waals surface area contributed by atoms with Crippen molar-refractivity contribution in [3.8, 4) is 11.5 Å². The molecule has 5 rings (SSSR count). The number of benzene rings is 3. The number of nitrogens with one attached hydrogen (secondary N) is 1. The minimum atomic E-state index is -1.39. The molecule has 0 fully saturated rings. The van der Waals surface area contributed by atoms with Crippen molar-refractivity contribution in [3.05, 3.63) is 124 Å². The number of aromatic nitrogens is 1. The van der Waals surface area contributed by atoms with Crippen molar-refractivity contribution in [1.82, 2.24) is 4.98 Å². The first kappa shape index (κ1) is 24.4. The molecule has 188 valence electrons. The number of hydrogen-bond acceptors (Lipinski definition) is 7. The van der Waals surface area contributed by atoms with E-state index in [1.807, 2.05) is 0 Å². The molecule has 0 saturated carbocycles. The Labute approximate surface area is 216 Å². The number of amides is 1. The molecule has 1 atom stereocenters. The number of anilines is 1. The van der Waals surface area contributed by atoms with Crippen LogP contribution in [0.1, 0.15) is 27.6 Å². The van der Waals surface area contributed by atoms with Crippen molar-refractivity contribution in [2.75, 3.05) is 5.32 Å². The maximum absolute atomic E-state index is 13.6. The highest BCUT2D eigenvalue weighted by molar-refractivity contribution is 6.06. The molecule has 3 aromatic carbocycles. The van der Waals surface area contributed by atoms with Crippen LogP contribution in [0.15, 0.2) is 102 Å². The van der Waals surface area contributed by atoms with Gasteiger partial charge in [-0.1, -0.05) is 54.6 Å². The SMILES string of the molecule is Cc1ccc(NC(=O)C(OC(=O)c2cc(-c3ccco3)nc3ccccc23)c2ccccc2)c([N+](=O)[O-])c1. The van der Waals surface area contributed by atoms with E-state index < -0.39 is 22.9 Å². The average Bonchev–Trinajstić information content (AvgIpc) is 3.47. The fraction of sp³-hybridized carbons (Fsp3) is 0.0690. The second-order valence-corrected chi connectivity index (χ2v) is 8.51. The smallest absolute Gasteiger partial charge is 0.340 e. The Morgan fingerprint density at radius 1 is 0.974 bits per heavy atom. The quantitative estimate of drug-likeness (QED) is 0.157. The first-order chi connectivity index (χ1) is 18.4. The van der Waals surface area contributed by atoms with Crippen molar-refractivity contribution in [1.29, 1.82) is 0 Å². The predicted octanol–water partition coefficient (Wildman–Crippen LogP) is 6.25. The van der Waals surface area contributed by atoms with Crippen LogP contribution in [0.2, 0.25) is 0 Å². The Kier molecular flexibility index (Phi) is 6.65. The Morgan fingerprint density at radius 2 is 1.74 bits per heavy atom. The molecule has 38 heavy (non-hydrogen) atoms. The summed E-state index contributed by atoms with van der Waals surface area (Å²) < 4.78 is 11.2. The highest BCUT2D eigenvalue weighted by atomic mass is 16.6. The van der Waals surface area contributed by atoms with Gasteiger partial charge in [0.2, 0.25) is 6.10 Å². The molecule has 2 aromatic heterocycles. The number of nitrogens with zero attached hydrogens (tertiary/aromatic N) is 2. The lowest BCUT2D eigenvalue weighted by Gasteiger charge is -2.19. The van der Waals surface area contributed by atoms with Gasteiger partial charge >= 0.3 is 5.97 Å². The van der Waals surface area contributed by atoms with Crippen molar-refractivity contribution in [2.45, 2.75) is 13.0 Å². The standard InChI is InChI=1S/C29H21N3O6/c1-18-13-14-23(25(16-18)32(35)36)31-28(33)27(19-8-3-2-4-9-19)38-29(34)21-17-24(26-12-7-15-37-26)30-22-11-6-5-10-20(21)22/h2-17,27H,1H3,(H,31,33). The van der Waals surface area contributed by atoms with Gasteiger partial charge in [-0.05, 0) is 42.8 Å². The van der Waals surface area contributed by atoms with Crippen LogP contribution in [0, 0.1) is 17.0 Å². The molecule has 0 saturated heterocycles. The van der Waals surface area contributed by atoms with E-state index >= 15 is 0 Å². The molecule has 1 unspecified atom stereocenters. The van der Waals surface area contributed by atoms with E-state index in [0.29, 0.717) is 33.5 Å². The number of furan rings is 1. The number of ether oxygens (including phenoxy) is 1. The Bertz CT molecular complexity index is 1650. The lowest BCUT2D eigenvalue weighted by atomic mass is 10.1. The van der Waals surface area contributed by atoms with E-state index in [1.54, 1.807) is 85.8 Å². The lowest BCUT2D eigenvalue weighted by Crippen LogP contribution is -2.26. The van der Waals surface area contributed by atoms with Crippen LogP contribution in [-0.2, 0) is 9.53 Å². The molecule has 9 heteroatoms. The molecular weight excluding hydrogens is 486 g/mol. The Hall–Kier alpha value is -5.31. The van der Waals surface area contributed by atoms with Gasteiger partial charge < -0.3 is 14.5 Å². The Balaban J connectivity index is 1.52. The fourth-order valence-corrected chi connectivity index (χ4v) is 4.06. The third kappa shape index (κ3) is 4.98. The highest BCUT2D eigenvalue weighted by Gasteiger charge is 2.29. The zero-order valence-electron chi connectivity index (χ0n) is 20.2. The molecule has 0 radical (unpaired) electrons. The van der Waals surface area contributed by atoms with Crippen molar-refractivity contribution >= 4 is 34.2 Å². The lowest BCUT2D eigenvalue weighted by molar-refractivity contribution is -0.384. The summed E-state index contributed by atoms with van der Waals surface area (Å²) in [6.07, 6.45) is 0.119. The zero-order valence-corrected chi connectivity index (χ0v) is 20.2. The fourth-order valence-electron chi connectivity index (χ4n) is 4.06. The van der Waals surface area contributed by atoms with Crippen LogP contribution < -0.4 is 5.32 Å². The van der Waals surface area contributed by atoms with Gasteiger partial charge in [-0.25, -0.2) is 9.78 Å². The third-order valence-corrected chi connectivity index (χ3v) is 5.88. The summed E-state index contributed by atoms with van der Waals surface area (Å²) in [4.78, 5) is 42.6. The highest BCUT2D eigenvalue weighted by Crippen LogP contribution is 2.30. The monoisotopic (exact) mass is 507 g/mol. The molecule has 1 amide bonds. The van der Waals surface area contributed by atoms with Crippen molar-refractivity contribution < 1.29 is 23.7 Å². The largest absolute Gasteiger partial charge is 0.463 e. The molecule has 0 aliphatic rings. The number of rotatable bonds is 7. The summed E-state index contributed by atoms with van der Waals surface area (Å²) in [5.41, 5.74) is 1.96. The summed E-state index contributed by atoms with van der Waals surface area (Å²) in [7, 11) is 0. The predicted molar refractivity (Wildman–Crippen MR) is 141 cm³/mol. The number of carbonyl (C=O) groups excluding carboxylic acids is 2. The van der Waals surface area contributed by atoms with Crippen LogP contribution in [0.5, 0.6) is 0 Å². The average molecular weight is 508 g/mol. The summed E-state index contributed by atoms with van der Waals surface area (Å²) in [6, 6.07) is 24.9. The number of carbonyl (C=O) groups is 2. The van der Waals surface area contributed by atoms with Gasteiger partial charge in [-0.3, -0.25) is 14.9 Å². The number of nitro benzene ring substituents is 1. The molecule has 0 aliphatic heterocycles. The van der Waals surface area contributed by atoms with Gasteiger partial charge in [0.25, 0.3) is 11.6 Å². The second-order valence-electron chi connectivity index (χ2n) is 8.51. The molecule has 0 spiro atoms. The maximum Gasteiger partial charge on any atom is 0.340 e. The molecule has 1 N–H and O–H groups in total. The van der Waals surface area contributed by atoms with Crippen LogP contribution in [0.3, 0.4) is 0 Å². The van der Waals surface area contributed by atoms with Gasteiger partial charge in [0.15, 0.2) is 5.76 Å². The number of aryl methyl sites for hydroxylation is 1.